The van der Waals surface area contributed by atoms with E-state index in [1.165, 1.54) is 20.3 Å². The van der Waals surface area contributed by atoms with Crippen LogP contribution in [0.4, 0.5) is 0 Å². The molecule has 1 aromatic carbocycles. The fourth-order valence-corrected chi connectivity index (χ4v) is 2.90. The summed E-state index contributed by atoms with van der Waals surface area (Å²) in [7, 11) is 2.89. The lowest BCUT2D eigenvalue weighted by molar-refractivity contribution is -0.115. The molecule has 0 radical (unpaired) electrons. The molecular formula is C16H14O5. The topological polar surface area (TPSA) is 69.7 Å². The zero-order chi connectivity index (χ0) is 15.1. The van der Waals surface area contributed by atoms with Gasteiger partial charge in [0.2, 0.25) is 5.78 Å². The summed E-state index contributed by atoms with van der Waals surface area (Å²) in [5.74, 6) is -0.239. The van der Waals surface area contributed by atoms with Crippen LogP contribution in [0.1, 0.15) is 40.0 Å². The number of methoxy groups -OCH3 is 2. The highest BCUT2D eigenvalue weighted by Crippen LogP contribution is 2.39. The fraction of sp³-hybridized carbons (Fsp3) is 0.312. The van der Waals surface area contributed by atoms with E-state index in [4.69, 9.17) is 9.47 Å². The second-order valence-electron chi connectivity index (χ2n) is 5.04. The summed E-state index contributed by atoms with van der Waals surface area (Å²) in [6, 6.07) is 3.07. The van der Waals surface area contributed by atoms with E-state index in [2.05, 4.69) is 0 Å². The van der Waals surface area contributed by atoms with Gasteiger partial charge in [-0.1, -0.05) is 0 Å². The number of hydrogen-bond acceptors (Lipinski definition) is 5. The van der Waals surface area contributed by atoms with Gasteiger partial charge in [-0.2, -0.15) is 0 Å². The molecule has 0 spiro atoms. The van der Waals surface area contributed by atoms with Gasteiger partial charge in [0.05, 0.1) is 25.4 Å². The number of ketones is 3. The first kappa shape index (κ1) is 13.5. The Morgan fingerprint density at radius 2 is 1.71 bits per heavy atom. The number of allylic oxidation sites excluding steroid dienone is 2. The van der Waals surface area contributed by atoms with Gasteiger partial charge in [-0.25, -0.2) is 0 Å². The van der Waals surface area contributed by atoms with E-state index < -0.39 is 5.78 Å². The van der Waals surface area contributed by atoms with E-state index in [-0.39, 0.29) is 34.0 Å². The van der Waals surface area contributed by atoms with Crippen molar-refractivity contribution in [3.8, 4) is 11.5 Å². The van der Waals surface area contributed by atoms with Gasteiger partial charge in [0.1, 0.15) is 11.5 Å². The predicted molar refractivity (Wildman–Crippen MR) is 74.1 cm³/mol. The van der Waals surface area contributed by atoms with Crippen LogP contribution in [0.3, 0.4) is 0 Å². The molecule has 0 saturated heterocycles. The third-order valence-electron chi connectivity index (χ3n) is 3.92. The molecule has 0 aliphatic heterocycles. The minimum atomic E-state index is -0.413. The molecule has 0 unspecified atom stereocenters. The first-order valence-electron chi connectivity index (χ1n) is 6.70. The molecule has 0 amide bonds. The molecule has 3 rings (SSSR count). The highest BCUT2D eigenvalue weighted by Gasteiger charge is 2.39. The van der Waals surface area contributed by atoms with Gasteiger partial charge in [0.25, 0.3) is 0 Å². The average molecular weight is 286 g/mol. The summed E-state index contributed by atoms with van der Waals surface area (Å²) in [5, 5.41) is 0. The lowest BCUT2D eigenvalue weighted by atomic mass is 9.76. The summed E-state index contributed by atoms with van der Waals surface area (Å²) in [5.41, 5.74) is 0.795. The SMILES string of the molecule is COc1cc(OC)c2c(c1)C(=O)C1=C(C(=O)CCC1)C2=O. The number of ether oxygens (including phenoxy) is 2. The molecule has 0 saturated carbocycles. The first-order valence-corrected chi connectivity index (χ1v) is 6.70. The molecule has 0 aromatic heterocycles. The molecule has 0 N–H and O–H groups in total. The molecule has 0 bridgehead atoms. The molecule has 0 fully saturated rings. The normalized spacial score (nSPS) is 17.5. The van der Waals surface area contributed by atoms with Crippen molar-refractivity contribution < 1.29 is 23.9 Å². The number of Topliss-reactive ketones (excluding diaryl/α,β-unsaturated/α-hetero) is 3. The van der Waals surface area contributed by atoms with Crippen molar-refractivity contribution in [3.63, 3.8) is 0 Å². The molecule has 5 nitrogen and oxygen atoms in total. The van der Waals surface area contributed by atoms with Gasteiger partial charge in [-0.15, -0.1) is 0 Å². The summed E-state index contributed by atoms with van der Waals surface area (Å²) >= 11 is 0. The first-order chi connectivity index (χ1) is 10.1. The monoisotopic (exact) mass is 286 g/mol. The number of benzene rings is 1. The molecule has 0 heterocycles. The van der Waals surface area contributed by atoms with Crippen molar-refractivity contribution in [2.24, 2.45) is 0 Å². The lowest BCUT2D eigenvalue weighted by Gasteiger charge is -2.25. The van der Waals surface area contributed by atoms with Crippen molar-refractivity contribution in [3.05, 3.63) is 34.4 Å². The van der Waals surface area contributed by atoms with Crippen LogP contribution in [0.5, 0.6) is 11.5 Å². The highest BCUT2D eigenvalue weighted by molar-refractivity contribution is 6.37. The Hall–Kier alpha value is -2.43. The Morgan fingerprint density at radius 1 is 0.952 bits per heavy atom. The Labute approximate surface area is 121 Å². The van der Waals surface area contributed by atoms with Crippen molar-refractivity contribution >= 4 is 17.3 Å². The molecule has 21 heavy (non-hydrogen) atoms. The Balaban J connectivity index is 2.28. The summed E-state index contributed by atoms with van der Waals surface area (Å²) in [6.07, 6.45) is 1.38. The van der Waals surface area contributed by atoms with Crippen LogP contribution in [0.15, 0.2) is 23.3 Å². The molecule has 108 valence electrons. The van der Waals surface area contributed by atoms with E-state index in [9.17, 15) is 14.4 Å². The smallest absolute Gasteiger partial charge is 0.201 e. The van der Waals surface area contributed by atoms with E-state index in [0.717, 1.165) is 0 Å². The minimum absolute atomic E-state index is 0.0437. The number of rotatable bonds is 2. The Morgan fingerprint density at radius 3 is 2.38 bits per heavy atom. The lowest BCUT2D eigenvalue weighted by Crippen LogP contribution is -2.29. The zero-order valence-corrected chi connectivity index (χ0v) is 11.8. The van der Waals surface area contributed by atoms with Gasteiger partial charge in [-0.3, -0.25) is 14.4 Å². The number of hydrogen-bond donors (Lipinski definition) is 0. The predicted octanol–water partition coefficient (Wildman–Crippen LogP) is 2.13. The maximum atomic E-state index is 12.6. The van der Waals surface area contributed by atoms with Crippen molar-refractivity contribution in [1.82, 2.24) is 0 Å². The average Bonchev–Trinajstić information content (AvgIpc) is 2.51. The van der Waals surface area contributed by atoms with Crippen LogP contribution >= 0.6 is 0 Å². The maximum Gasteiger partial charge on any atom is 0.201 e. The number of carbonyl (C=O) groups excluding carboxylic acids is 3. The van der Waals surface area contributed by atoms with Gasteiger partial charge in [0.15, 0.2) is 11.6 Å². The highest BCUT2D eigenvalue weighted by atomic mass is 16.5. The fourth-order valence-electron chi connectivity index (χ4n) is 2.90. The van der Waals surface area contributed by atoms with Crippen LogP contribution in [0.2, 0.25) is 0 Å². The Bertz CT molecular complexity index is 712. The largest absolute Gasteiger partial charge is 0.497 e. The minimum Gasteiger partial charge on any atom is -0.497 e. The standard InChI is InChI=1S/C16H14O5/c1-20-8-6-10-14(12(7-8)21-2)16(19)13-9(15(10)18)4-3-5-11(13)17/h6-7H,3-5H2,1-2H3. The van der Waals surface area contributed by atoms with Crippen LogP contribution in [-0.4, -0.2) is 31.6 Å². The quantitative estimate of drug-likeness (QED) is 0.779. The second kappa shape index (κ2) is 4.84. The van der Waals surface area contributed by atoms with E-state index in [1.54, 1.807) is 6.07 Å². The molecule has 0 atom stereocenters. The van der Waals surface area contributed by atoms with Crippen LogP contribution in [-0.2, 0) is 4.79 Å². The van der Waals surface area contributed by atoms with Gasteiger partial charge < -0.3 is 9.47 Å². The molecule has 5 heteroatoms. The zero-order valence-electron chi connectivity index (χ0n) is 11.8. The van der Waals surface area contributed by atoms with Crippen molar-refractivity contribution in [2.75, 3.05) is 14.2 Å². The van der Waals surface area contributed by atoms with Crippen molar-refractivity contribution in [2.45, 2.75) is 19.3 Å². The maximum absolute atomic E-state index is 12.6. The summed E-state index contributed by atoms with van der Waals surface area (Å²) < 4.78 is 10.3. The van der Waals surface area contributed by atoms with E-state index >= 15 is 0 Å². The van der Waals surface area contributed by atoms with Gasteiger partial charge in [0, 0.05) is 23.6 Å². The number of carbonyl (C=O) groups is 3. The molecular weight excluding hydrogens is 272 g/mol. The second-order valence-corrected chi connectivity index (χ2v) is 5.04. The molecule has 1 aromatic rings. The summed E-state index contributed by atoms with van der Waals surface area (Å²) in [6.45, 7) is 0. The van der Waals surface area contributed by atoms with Crippen LogP contribution in [0, 0.1) is 0 Å². The Kier molecular flexibility index (Phi) is 3.12. The van der Waals surface area contributed by atoms with Crippen LogP contribution in [0.25, 0.3) is 0 Å². The van der Waals surface area contributed by atoms with E-state index in [1.807, 2.05) is 0 Å². The van der Waals surface area contributed by atoms with Crippen LogP contribution < -0.4 is 9.47 Å². The van der Waals surface area contributed by atoms with Crippen molar-refractivity contribution in [1.29, 1.82) is 0 Å². The molecule has 2 aliphatic carbocycles. The summed E-state index contributed by atoms with van der Waals surface area (Å²) in [4.78, 5) is 37.3. The van der Waals surface area contributed by atoms with Gasteiger partial charge in [-0.05, 0) is 18.9 Å². The van der Waals surface area contributed by atoms with E-state index in [0.29, 0.717) is 30.6 Å². The third kappa shape index (κ3) is 1.88. The van der Waals surface area contributed by atoms with Gasteiger partial charge >= 0.3 is 0 Å². The molecule has 2 aliphatic rings. The number of fused-ring (bicyclic) bond motifs is 1. The third-order valence-corrected chi connectivity index (χ3v) is 3.92.